The highest BCUT2D eigenvalue weighted by Crippen LogP contribution is 2.42. The summed E-state index contributed by atoms with van der Waals surface area (Å²) in [5.74, 6) is 1.52. The van der Waals surface area contributed by atoms with Gasteiger partial charge >= 0.3 is 0 Å². The normalized spacial score (nSPS) is 33.9. The number of ether oxygens (including phenoxy) is 1. The van der Waals surface area contributed by atoms with Crippen molar-refractivity contribution in [2.45, 2.75) is 25.9 Å². The molecule has 2 heteroatoms. The number of hydrogen-bond acceptors (Lipinski definition) is 2. The molecule has 0 spiro atoms. The van der Waals surface area contributed by atoms with Crippen molar-refractivity contribution in [1.29, 1.82) is 0 Å². The standard InChI is InChI=1S/C8H17NO/c1-3-8(10-2)7-4-6(7)5-9/h6-8H,3-5,9H2,1-2H3/t6-,7+,8?/m0/s1. The molecule has 0 aliphatic heterocycles. The van der Waals surface area contributed by atoms with Gasteiger partial charge in [-0.15, -0.1) is 0 Å². The smallest absolute Gasteiger partial charge is 0.0600 e. The van der Waals surface area contributed by atoms with E-state index in [1.165, 1.54) is 6.42 Å². The summed E-state index contributed by atoms with van der Waals surface area (Å²) in [6.07, 6.45) is 2.87. The number of methoxy groups -OCH3 is 1. The Morgan fingerprint density at radius 1 is 1.70 bits per heavy atom. The Hall–Kier alpha value is -0.0800. The van der Waals surface area contributed by atoms with Crippen LogP contribution in [0, 0.1) is 11.8 Å². The van der Waals surface area contributed by atoms with Gasteiger partial charge in [0.2, 0.25) is 0 Å². The zero-order valence-corrected chi connectivity index (χ0v) is 6.84. The highest BCUT2D eigenvalue weighted by Gasteiger charge is 2.41. The van der Waals surface area contributed by atoms with Crippen molar-refractivity contribution in [2.75, 3.05) is 13.7 Å². The third-order valence-corrected chi connectivity index (χ3v) is 2.46. The largest absolute Gasteiger partial charge is 0.381 e. The third-order valence-electron chi connectivity index (χ3n) is 2.46. The second kappa shape index (κ2) is 3.35. The lowest BCUT2D eigenvalue weighted by molar-refractivity contribution is 0.0771. The minimum Gasteiger partial charge on any atom is -0.381 e. The van der Waals surface area contributed by atoms with Crippen molar-refractivity contribution < 1.29 is 4.74 Å². The second-order valence-electron chi connectivity index (χ2n) is 3.08. The molecule has 1 aliphatic carbocycles. The minimum absolute atomic E-state index is 0.466. The Bertz CT molecular complexity index is 101. The molecule has 0 saturated heterocycles. The fourth-order valence-corrected chi connectivity index (χ4v) is 1.64. The van der Waals surface area contributed by atoms with Gasteiger partial charge in [0.05, 0.1) is 6.10 Å². The van der Waals surface area contributed by atoms with Gasteiger partial charge in [-0.3, -0.25) is 0 Å². The molecule has 1 saturated carbocycles. The predicted molar refractivity (Wildman–Crippen MR) is 41.7 cm³/mol. The first kappa shape index (κ1) is 8.02. The molecule has 1 fully saturated rings. The van der Waals surface area contributed by atoms with Crippen LogP contribution < -0.4 is 5.73 Å². The monoisotopic (exact) mass is 143 g/mol. The molecular formula is C8H17NO. The lowest BCUT2D eigenvalue weighted by Gasteiger charge is -2.11. The summed E-state index contributed by atoms with van der Waals surface area (Å²) in [6.45, 7) is 3.00. The van der Waals surface area contributed by atoms with Crippen molar-refractivity contribution >= 4 is 0 Å². The second-order valence-corrected chi connectivity index (χ2v) is 3.08. The summed E-state index contributed by atoms with van der Waals surface area (Å²) in [6, 6.07) is 0. The predicted octanol–water partition coefficient (Wildman–Crippen LogP) is 1.01. The Kier molecular flexibility index (Phi) is 2.69. The third kappa shape index (κ3) is 1.50. The van der Waals surface area contributed by atoms with Gasteiger partial charge in [0.15, 0.2) is 0 Å². The van der Waals surface area contributed by atoms with Crippen molar-refractivity contribution in [3.8, 4) is 0 Å². The van der Waals surface area contributed by atoms with E-state index >= 15 is 0 Å². The maximum absolute atomic E-state index is 5.52. The molecular weight excluding hydrogens is 126 g/mol. The maximum Gasteiger partial charge on any atom is 0.0600 e. The molecule has 10 heavy (non-hydrogen) atoms. The Morgan fingerprint density at radius 3 is 2.70 bits per heavy atom. The summed E-state index contributed by atoms with van der Waals surface area (Å²) in [4.78, 5) is 0. The molecule has 2 N–H and O–H groups in total. The van der Waals surface area contributed by atoms with Gasteiger partial charge in [-0.05, 0) is 31.2 Å². The van der Waals surface area contributed by atoms with Gasteiger partial charge in [0.25, 0.3) is 0 Å². The Balaban J connectivity index is 2.22. The lowest BCUT2D eigenvalue weighted by Crippen LogP contribution is -2.15. The maximum atomic E-state index is 5.52. The van der Waals surface area contributed by atoms with Crippen LogP contribution in [0.2, 0.25) is 0 Å². The molecule has 0 aromatic carbocycles. The van der Waals surface area contributed by atoms with E-state index in [2.05, 4.69) is 6.92 Å². The van der Waals surface area contributed by atoms with Gasteiger partial charge < -0.3 is 10.5 Å². The van der Waals surface area contributed by atoms with E-state index in [1.54, 1.807) is 7.11 Å². The number of rotatable bonds is 4. The first-order valence-electron chi connectivity index (χ1n) is 4.06. The van der Waals surface area contributed by atoms with E-state index in [-0.39, 0.29) is 0 Å². The Morgan fingerprint density at radius 2 is 2.40 bits per heavy atom. The van der Waals surface area contributed by atoms with Crippen molar-refractivity contribution in [3.05, 3.63) is 0 Å². The van der Waals surface area contributed by atoms with Crippen molar-refractivity contribution in [1.82, 2.24) is 0 Å². The van der Waals surface area contributed by atoms with E-state index in [0.717, 1.165) is 24.8 Å². The first-order valence-corrected chi connectivity index (χ1v) is 4.06. The molecule has 60 valence electrons. The Labute approximate surface area is 62.7 Å². The van der Waals surface area contributed by atoms with Crippen LogP contribution in [0.3, 0.4) is 0 Å². The summed E-state index contributed by atoms with van der Waals surface area (Å²) >= 11 is 0. The summed E-state index contributed by atoms with van der Waals surface area (Å²) < 4.78 is 5.30. The van der Waals surface area contributed by atoms with Crippen molar-refractivity contribution in [3.63, 3.8) is 0 Å². The fraction of sp³-hybridized carbons (Fsp3) is 1.00. The molecule has 1 unspecified atom stereocenters. The highest BCUT2D eigenvalue weighted by molar-refractivity contribution is 4.91. The lowest BCUT2D eigenvalue weighted by atomic mass is 10.1. The van der Waals surface area contributed by atoms with Crippen LogP contribution in [0.4, 0.5) is 0 Å². The number of nitrogens with two attached hydrogens (primary N) is 1. The van der Waals surface area contributed by atoms with Crippen LogP contribution in [0.15, 0.2) is 0 Å². The van der Waals surface area contributed by atoms with E-state index in [9.17, 15) is 0 Å². The molecule has 0 aromatic rings. The molecule has 2 nitrogen and oxygen atoms in total. The van der Waals surface area contributed by atoms with Gasteiger partial charge in [-0.2, -0.15) is 0 Å². The van der Waals surface area contributed by atoms with Gasteiger partial charge in [-0.25, -0.2) is 0 Å². The zero-order chi connectivity index (χ0) is 7.56. The quantitative estimate of drug-likeness (QED) is 0.637. The summed E-state index contributed by atoms with van der Waals surface area (Å²) in [7, 11) is 1.79. The number of hydrogen-bond donors (Lipinski definition) is 1. The van der Waals surface area contributed by atoms with E-state index in [4.69, 9.17) is 10.5 Å². The topological polar surface area (TPSA) is 35.2 Å². The van der Waals surface area contributed by atoms with Crippen LogP contribution in [0.5, 0.6) is 0 Å². The highest BCUT2D eigenvalue weighted by atomic mass is 16.5. The van der Waals surface area contributed by atoms with Gasteiger partial charge in [-0.1, -0.05) is 6.92 Å². The van der Waals surface area contributed by atoms with Crippen LogP contribution in [-0.4, -0.2) is 19.8 Å². The van der Waals surface area contributed by atoms with E-state index in [1.807, 2.05) is 0 Å². The van der Waals surface area contributed by atoms with Crippen LogP contribution in [-0.2, 0) is 4.74 Å². The van der Waals surface area contributed by atoms with Gasteiger partial charge in [0, 0.05) is 7.11 Å². The molecule has 0 amide bonds. The minimum atomic E-state index is 0.466. The van der Waals surface area contributed by atoms with Crippen LogP contribution >= 0.6 is 0 Å². The van der Waals surface area contributed by atoms with Crippen LogP contribution in [0.1, 0.15) is 19.8 Å². The molecule has 0 aromatic heterocycles. The van der Waals surface area contributed by atoms with E-state index in [0.29, 0.717) is 6.10 Å². The molecule has 0 radical (unpaired) electrons. The van der Waals surface area contributed by atoms with Crippen molar-refractivity contribution in [2.24, 2.45) is 17.6 Å². The molecule has 0 heterocycles. The molecule has 0 bridgehead atoms. The molecule has 1 aliphatic rings. The summed E-state index contributed by atoms with van der Waals surface area (Å²) in [5, 5.41) is 0. The molecule has 1 rings (SSSR count). The first-order chi connectivity index (χ1) is 4.83. The van der Waals surface area contributed by atoms with Crippen LogP contribution in [0.25, 0.3) is 0 Å². The average molecular weight is 143 g/mol. The van der Waals surface area contributed by atoms with Gasteiger partial charge in [0.1, 0.15) is 0 Å². The zero-order valence-electron chi connectivity index (χ0n) is 6.84. The fourth-order valence-electron chi connectivity index (χ4n) is 1.64. The summed E-state index contributed by atoms with van der Waals surface area (Å²) in [5.41, 5.74) is 5.52. The average Bonchev–Trinajstić information content (AvgIpc) is 2.70. The SMILES string of the molecule is CCC(OC)[C@@H]1C[C@H]1CN. The molecule has 3 atom stereocenters. The van der Waals surface area contributed by atoms with E-state index < -0.39 is 0 Å².